The first-order valence-electron chi connectivity index (χ1n) is 10.4. The van der Waals surface area contributed by atoms with E-state index in [1.54, 1.807) is 5.32 Å². The molecule has 0 aliphatic carbocycles. The molecule has 0 saturated heterocycles. The van der Waals surface area contributed by atoms with Crippen LogP contribution in [0.15, 0.2) is 23.0 Å². The van der Waals surface area contributed by atoms with E-state index in [2.05, 4.69) is 10.3 Å². The summed E-state index contributed by atoms with van der Waals surface area (Å²) in [7, 11) is 0. The van der Waals surface area contributed by atoms with Gasteiger partial charge in [-0.15, -0.1) is 0 Å². The molecule has 1 atom stereocenters. The number of aromatic carboxylic acids is 1. The molecule has 0 aliphatic rings. The number of aryl methyl sites for hydroxylation is 1. The van der Waals surface area contributed by atoms with Gasteiger partial charge in [-0.2, -0.15) is 13.2 Å². The summed E-state index contributed by atoms with van der Waals surface area (Å²) in [5, 5.41) is 13.2. The zero-order valence-corrected chi connectivity index (χ0v) is 18.2. The second kappa shape index (κ2) is 10.9. The topological polar surface area (TPSA) is 130 Å². The van der Waals surface area contributed by atoms with E-state index in [-0.39, 0.29) is 28.8 Å². The summed E-state index contributed by atoms with van der Waals surface area (Å²) < 4.78 is 39.4. The molecule has 33 heavy (non-hydrogen) atoms. The van der Waals surface area contributed by atoms with E-state index in [4.69, 9.17) is 5.11 Å². The molecule has 0 radical (unpaired) electrons. The summed E-state index contributed by atoms with van der Waals surface area (Å²) >= 11 is 0. The second-order valence-electron chi connectivity index (χ2n) is 7.49. The quantitative estimate of drug-likeness (QED) is 0.456. The maximum Gasteiger partial charge on any atom is 0.471 e. The van der Waals surface area contributed by atoms with E-state index in [0.717, 1.165) is 29.9 Å². The Bertz CT molecular complexity index is 1100. The highest BCUT2D eigenvalue weighted by Gasteiger charge is 2.41. The molecule has 1 unspecified atom stereocenters. The van der Waals surface area contributed by atoms with Crippen molar-refractivity contribution >= 4 is 28.7 Å². The van der Waals surface area contributed by atoms with Crippen molar-refractivity contribution in [2.45, 2.75) is 58.3 Å². The van der Waals surface area contributed by atoms with Crippen LogP contribution in [-0.4, -0.2) is 51.2 Å². The molecule has 1 aromatic heterocycles. The van der Waals surface area contributed by atoms with Crippen LogP contribution in [0, 0.1) is 6.92 Å². The predicted molar refractivity (Wildman–Crippen MR) is 113 cm³/mol. The van der Waals surface area contributed by atoms with Crippen LogP contribution in [0.4, 0.5) is 13.2 Å². The molecular weight excluding hydrogens is 445 g/mol. The van der Waals surface area contributed by atoms with Gasteiger partial charge in [0, 0.05) is 6.54 Å². The Morgan fingerprint density at radius 2 is 1.88 bits per heavy atom. The number of nitrogens with one attached hydrogen (secondary N) is 2. The Hall–Kier alpha value is -3.44. The third-order valence-electron chi connectivity index (χ3n) is 4.97. The van der Waals surface area contributed by atoms with Crippen molar-refractivity contribution in [2.24, 2.45) is 0 Å². The van der Waals surface area contributed by atoms with Crippen molar-refractivity contribution < 1.29 is 32.7 Å². The molecule has 2 amide bonds. The number of carbonyl (C=O) groups excluding carboxylic acids is 2. The molecule has 0 bridgehead atoms. The molecule has 0 saturated carbocycles. The minimum absolute atomic E-state index is 0.0811. The highest BCUT2D eigenvalue weighted by Crippen LogP contribution is 2.15. The molecule has 0 aliphatic heterocycles. The molecule has 2 rings (SSSR count). The highest BCUT2D eigenvalue weighted by atomic mass is 19.4. The Kier molecular flexibility index (Phi) is 8.55. The molecule has 180 valence electrons. The number of aromatic nitrogens is 2. The normalized spacial score (nSPS) is 12.4. The van der Waals surface area contributed by atoms with E-state index >= 15 is 0 Å². The van der Waals surface area contributed by atoms with Crippen molar-refractivity contribution in [3.05, 3.63) is 39.9 Å². The molecule has 2 aromatic rings. The zero-order chi connectivity index (χ0) is 24.8. The van der Waals surface area contributed by atoms with E-state index in [0.29, 0.717) is 6.42 Å². The number of benzene rings is 1. The maximum atomic E-state index is 13.0. The first-order valence-corrected chi connectivity index (χ1v) is 10.4. The van der Waals surface area contributed by atoms with Gasteiger partial charge in [0.15, 0.2) is 0 Å². The van der Waals surface area contributed by atoms with Crippen LogP contribution < -0.4 is 16.2 Å². The number of rotatable bonds is 10. The highest BCUT2D eigenvalue weighted by molar-refractivity contribution is 5.93. The Morgan fingerprint density at radius 3 is 2.48 bits per heavy atom. The van der Waals surface area contributed by atoms with Crippen LogP contribution in [0.5, 0.6) is 0 Å². The fourth-order valence-electron chi connectivity index (χ4n) is 3.18. The molecule has 1 heterocycles. The number of fused-ring (bicyclic) bond motifs is 1. The second-order valence-corrected chi connectivity index (χ2v) is 7.49. The number of hydrogen-bond donors (Lipinski definition) is 3. The lowest BCUT2D eigenvalue weighted by molar-refractivity contribution is -0.174. The lowest BCUT2D eigenvalue weighted by atomic mass is 10.1. The van der Waals surface area contributed by atoms with Crippen molar-refractivity contribution in [1.29, 1.82) is 0 Å². The fourth-order valence-corrected chi connectivity index (χ4v) is 3.18. The summed E-state index contributed by atoms with van der Waals surface area (Å²) in [4.78, 5) is 52.4. The fraction of sp³-hybridized carbons (Fsp3) is 0.476. The van der Waals surface area contributed by atoms with Crippen LogP contribution in [0.25, 0.3) is 10.9 Å². The van der Waals surface area contributed by atoms with Gasteiger partial charge in [0.05, 0.1) is 23.0 Å². The lowest BCUT2D eigenvalue weighted by Crippen LogP contribution is -2.53. The molecule has 0 spiro atoms. The number of carboxylic acid groups (broad SMARTS) is 1. The van der Waals surface area contributed by atoms with E-state index in [1.807, 2.05) is 6.92 Å². The third-order valence-corrected chi connectivity index (χ3v) is 4.97. The van der Waals surface area contributed by atoms with Crippen molar-refractivity contribution in [1.82, 2.24) is 20.2 Å². The lowest BCUT2D eigenvalue weighted by Gasteiger charge is -2.21. The summed E-state index contributed by atoms with van der Waals surface area (Å²) in [6.07, 6.45) is -1.92. The van der Waals surface area contributed by atoms with Gasteiger partial charge in [-0.25, -0.2) is 9.78 Å². The minimum Gasteiger partial charge on any atom is -0.478 e. The third kappa shape index (κ3) is 6.77. The number of nitrogens with zero attached hydrogens (tertiary/aromatic N) is 2. The molecule has 12 heteroatoms. The van der Waals surface area contributed by atoms with Gasteiger partial charge in [-0.1, -0.05) is 26.2 Å². The van der Waals surface area contributed by atoms with Gasteiger partial charge in [-0.3, -0.25) is 19.0 Å². The molecule has 9 nitrogen and oxygen atoms in total. The first kappa shape index (κ1) is 25.8. The van der Waals surface area contributed by atoms with Crippen molar-refractivity contribution in [3.63, 3.8) is 0 Å². The molecular formula is C21H25F3N4O5. The summed E-state index contributed by atoms with van der Waals surface area (Å²) in [6, 6.07) is 1.99. The predicted octanol–water partition coefficient (Wildman–Crippen LogP) is 2.15. The molecule has 1 aromatic carbocycles. The Balaban J connectivity index is 2.37. The first-order chi connectivity index (χ1) is 15.5. The number of alkyl halides is 3. The van der Waals surface area contributed by atoms with Gasteiger partial charge in [-0.05, 0) is 31.5 Å². The Morgan fingerprint density at radius 1 is 1.18 bits per heavy atom. The number of hydrogen-bond acceptors (Lipinski definition) is 5. The van der Waals surface area contributed by atoms with Gasteiger partial charge in [0.25, 0.3) is 5.56 Å². The number of halogens is 3. The monoisotopic (exact) mass is 470 g/mol. The smallest absolute Gasteiger partial charge is 0.471 e. The summed E-state index contributed by atoms with van der Waals surface area (Å²) in [5.41, 5.74) is -0.735. The SMILES string of the molecule is CCCCCCNC(=O)C(Cn1c(C)nc2ccc(C(=O)O)cc2c1=O)NC(=O)C(F)(F)F. The molecule has 3 N–H and O–H groups in total. The van der Waals surface area contributed by atoms with E-state index < -0.39 is 42.1 Å². The number of carboxylic acids is 1. The van der Waals surface area contributed by atoms with Crippen LogP contribution in [-0.2, 0) is 16.1 Å². The van der Waals surface area contributed by atoms with Gasteiger partial charge in [0.1, 0.15) is 11.9 Å². The van der Waals surface area contributed by atoms with Crippen molar-refractivity contribution in [3.8, 4) is 0 Å². The number of carbonyl (C=O) groups is 3. The standard InChI is InChI=1S/C21H25F3N4O5/c1-3-4-5-6-9-25-17(29)16(27-20(33)21(22,23)24)11-28-12(2)26-15-8-7-13(19(31)32)10-14(15)18(28)30/h7-8,10,16H,3-6,9,11H2,1-2H3,(H,25,29)(H,27,33)(H,31,32). The minimum atomic E-state index is -5.22. The van der Waals surface area contributed by atoms with Crippen LogP contribution in [0.2, 0.25) is 0 Å². The van der Waals surface area contributed by atoms with Gasteiger partial charge < -0.3 is 15.7 Å². The van der Waals surface area contributed by atoms with Crippen LogP contribution in [0.3, 0.4) is 0 Å². The number of amides is 2. The maximum absolute atomic E-state index is 13.0. The summed E-state index contributed by atoms with van der Waals surface area (Å²) in [6.45, 7) is 2.99. The average Bonchev–Trinajstić information content (AvgIpc) is 2.74. The van der Waals surface area contributed by atoms with Crippen LogP contribution >= 0.6 is 0 Å². The van der Waals surface area contributed by atoms with Gasteiger partial charge >= 0.3 is 18.1 Å². The number of unbranched alkanes of at least 4 members (excludes halogenated alkanes) is 3. The molecule has 0 fully saturated rings. The average molecular weight is 470 g/mol. The van der Waals surface area contributed by atoms with Gasteiger partial charge in [0.2, 0.25) is 5.91 Å². The van der Waals surface area contributed by atoms with Crippen molar-refractivity contribution in [2.75, 3.05) is 6.54 Å². The van der Waals surface area contributed by atoms with E-state index in [9.17, 15) is 32.3 Å². The summed E-state index contributed by atoms with van der Waals surface area (Å²) in [5.74, 6) is -4.39. The zero-order valence-electron chi connectivity index (χ0n) is 18.2. The van der Waals surface area contributed by atoms with E-state index in [1.165, 1.54) is 19.1 Å². The largest absolute Gasteiger partial charge is 0.478 e. The van der Waals surface area contributed by atoms with Crippen LogP contribution in [0.1, 0.15) is 48.8 Å². The Labute approximate surface area is 187 Å².